The third-order valence-corrected chi connectivity index (χ3v) is 2.95. The van der Waals surface area contributed by atoms with E-state index in [-0.39, 0.29) is 5.91 Å². The topological polar surface area (TPSA) is 90.8 Å². The monoisotopic (exact) mass is 262 g/mol. The first-order valence-corrected chi connectivity index (χ1v) is 6.08. The van der Waals surface area contributed by atoms with Gasteiger partial charge in [0.1, 0.15) is 5.69 Å². The Bertz CT molecular complexity index is 624. The standard InChI is InChI=1S/C12H18N6O/c1-5-18-11(10(13)8(3)16-18)12(19)14-9-6-17(4)15-7(9)2/h6H,5,13H2,1-4H3,(H,14,19). The first kappa shape index (κ1) is 13.1. The summed E-state index contributed by atoms with van der Waals surface area (Å²) in [4.78, 5) is 12.3. The van der Waals surface area contributed by atoms with Crippen LogP contribution in [0.25, 0.3) is 0 Å². The lowest BCUT2D eigenvalue weighted by molar-refractivity contribution is 0.101. The number of amides is 1. The molecule has 2 rings (SSSR count). The Hall–Kier alpha value is -2.31. The van der Waals surface area contributed by atoms with Crippen molar-refractivity contribution < 1.29 is 4.79 Å². The second-order valence-electron chi connectivity index (χ2n) is 4.42. The highest BCUT2D eigenvalue weighted by Crippen LogP contribution is 2.19. The molecule has 0 spiro atoms. The van der Waals surface area contributed by atoms with E-state index in [4.69, 9.17) is 5.73 Å². The molecule has 0 aliphatic rings. The normalized spacial score (nSPS) is 10.7. The lowest BCUT2D eigenvalue weighted by Gasteiger charge is -2.06. The van der Waals surface area contributed by atoms with E-state index < -0.39 is 0 Å². The molecule has 0 aromatic carbocycles. The van der Waals surface area contributed by atoms with Gasteiger partial charge in [0.15, 0.2) is 0 Å². The minimum Gasteiger partial charge on any atom is -0.395 e. The number of nitrogens with two attached hydrogens (primary N) is 1. The molecule has 0 bridgehead atoms. The van der Waals surface area contributed by atoms with Crippen molar-refractivity contribution >= 4 is 17.3 Å². The number of nitrogen functional groups attached to an aromatic ring is 1. The second-order valence-corrected chi connectivity index (χ2v) is 4.42. The first-order chi connectivity index (χ1) is 8.93. The molecule has 0 saturated carbocycles. The Morgan fingerprint density at radius 2 is 2.05 bits per heavy atom. The average molecular weight is 262 g/mol. The molecule has 19 heavy (non-hydrogen) atoms. The summed E-state index contributed by atoms with van der Waals surface area (Å²) in [5.41, 5.74) is 8.82. The van der Waals surface area contributed by atoms with Crippen molar-refractivity contribution in [1.82, 2.24) is 19.6 Å². The molecule has 3 N–H and O–H groups in total. The first-order valence-electron chi connectivity index (χ1n) is 6.08. The van der Waals surface area contributed by atoms with Crippen LogP contribution in [0.1, 0.15) is 28.8 Å². The van der Waals surface area contributed by atoms with E-state index in [2.05, 4.69) is 15.5 Å². The average Bonchev–Trinajstić information content (AvgIpc) is 2.80. The van der Waals surface area contributed by atoms with Gasteiger partial charge >= 0.3 is 0 Å². The van der Waals surface area contributed by atoms with Crippen LogP contribution >= 0.6 is 0 Å². The third-order valence-electron chi connectivity index (χ3n) is 2.95. The van der Waals surface area contributed by atoms with Crippen molar-refractivity contribution in [3.8, 4) is 0 Å². The van der Waals surface area contributed by atoms with Gasteiger partial charge in [-0.1, -0.05) is 0 Å². The molecule has 7 heteroatoms. The molecule has 0 saturated heterocycles. The lowest BCUT2D eigenvalue weighted by Crippen LogP contribution is -2.19. The number of aromatic nitrogens is 4. The number of carbonyl (C=O) groups is 1. The van der Waals surface area contributed by atoms with E-state index in [1.165, 1.54) is 0 Å². The summed E-state index contributed by atoms with van der Waals surface area (Å²) in [6, 6.07) is 0. The van der Waals surface area contributed by atoms with Gasteiger partial charge in [-0.3, -0.25) is 14.2 Å². The van der Waals surface area contributed by atoms with E-state index in [9.17, 15) is 4.79 Å². The molecule has 0 fully saturated rings. The number of hydrogen-bond acceptors (Lipinski definition) is 4. The van der Waals surface area contributed by atoms with Crippen LogP contribution < -0.4 is 11.1 Å². The van der Waals surface area contributed by atoms with Gasteiger partial charge in [-0.25, -0.2) is 0 Å². The fraction of sp³-hybridized carbons (Fsp3) is 0.417. The van der Waals surface area contributed by atoms with Gasteiger partial charge in [0.2, 0.25) is 0 Å². The summed E-state index contributed by atoms with van der Waals surface area (Å²) >= 11 is 0. The number of aryl methyl sites for hydroxylation is 4. The van der Waals surface area contributed by atoms with Gasteiger partial charge in [0, 0.05) is 19.8 Å². The Balaban J connectivity index is 2.32. The van der Waals surface area contributed by atoms with Gasteiger partial charge in [0.05, 0.1) is 22.8 Å². The minimum absolute atomic E-state index is 0.268. The number of nitrogens with one attached hydrogen (secondary N) is 1. The zero-order valence-electron chi connectivity index (χ0n) is 11.6. The van der Waals surface area contributed by atoms with E-state index in [0.717, 1.165) is 5.69 Å². The molecule has 2 aromatic rings. The zero-order valence-corrected chi connectivity index (χ0v) is 11.6. The van der Waals surface area contributed by atoms with Gasteiger partial charge in [-0.05, 0) is 20.8 Å². The molecule has 2 aromatic heterocycles. The number of rotatable bonds is 3. The summed E-state index contributed by atoms with van der Waals surface area (Å²) < 4.78 is 3.25. The molecular formula is C12H18N6O. The van der Waals surface area contributed by atoms with Crippen molar-refractivity contribution in [3.05, 3.63) is 23.3 Å². The summed E-state index contributed by atoms with van der Waals surface area (Å²) in [5.74, 6) is -0.268. The second kappa shape index (κ2) is 4.75. The van der Waals surface area contributed by atoms with Crippen molar-refractivity contribution in [2.45, 2.75) is 27.3 Å². The lowest BCUT2D eigenvalue weighted by atomic mass is 10.2. The van der Waals surface area contributed by atoms with E-state index >= 15 is 0 Å². The summed E-state index contributed by atoms with van der Waals surface area (Å²) in [6.45, 7) is 6.12. The fourth-order valence-electron chi connectivity index (χ4n) is 1.97. The Morgan fingerprint density at radius 3 is 2.58 bits per heavy atom. The number of anilines is 2. The zero-order chi connectivity index (χ0) is 14.2. The molecule has 0 unspecified atom stereocenters. The van der Waals surface area contributed by atoms with Crippen molar-refractivity contribution in [1.29, 1.82) is 0 Å². The largest absolute Gasteiger partial charge is 0.395 e. The maximum Gasteiger partial charge on any atom is 0.276 e. The van der Waals surface area contributed by atoms with Crippen LogP contribution in [0.5, 0.6) is 0 Å². The Kier molecular flexibility index (Phi) is 3.28. The van der Waals surface area contributed by atoms with Crippen LogP contribution in [-0.4, -0.2) is 25.5 Å². The molecule has 0 radical (unpaired) electrons. The predicted octanol–water partition coefficient (Wildman–Crippen LogP) is 1.09. The highest BCUT2D eigenvalue weighted by Gasteiger charge is 2.20. The van der Waals surface area contributed by atoms with Crippen LogP contribution in [0.15, 0.2) is 6.20 Å². The smallest absolute Gasteiger partial charge is 0.276 e. The maximum atomic E-state index is 12.3. The van der Waals surface area contributed by atoms with Crippen molar-refractivity contribution in [3.63, 3.8) is 0 Å². The summed E-state index contributed by atoms with van der Waals surface area (Å²) in [7, 11) is 1.80. The van der Waals surface area contributed by atoms with Crippen LogP contribution in [0, 0.1) is 13.8 Å². The minimum atomic E-state index is -0.268. The van der Waals surface area contributed by atoms with Crippen LogP contribution in [0.4, 0.5) is 11.4 Å². The summed E-state index contributed by atoms with van der Waals surface area (Å²) in [6.07, 6.45) is 1.75. The fourth-order valence-corrected chi connectivity index (χ4v) is 1.97. The molecule has 7 nitrogen and oxygen atoms in total. The van der Waals surface area contributed by atoms with Crippen molar-refractivity contribution in [2.24, 2.45) is 7.05 Å². The van der Waals surface area contributed by atoms with Crippen LogP contribution in [0.3, 0.4) is 0 Å². The molecule has 102 valence electrons. The highest BCUT2D eigenvalue weighted by atomic mass is 16.2. The molecular weight excluding hydrogens is 244 g/mol. The highest BCUT2D eigenvalue weighted by molar-refractivity contribution is 6.07. The van der Waals surface area contributed by atoms with Crippen LogP contribution in [-0.2, 0) is 13.6 Å². The molecule has 0 aliphatic carbocycles. The van der Waals surface area contributed by atoms with Crippen LogP contribution in [0.2, 0.25) is 0 Å². The van der Waals surface area contributed by atoms with Crippen molar-refractivity contribution in [2.75, 3.05) is 11.1 Å². The van der Waals surface area contributed by atoms with Gasteiger partial charge in [-0.2, -0.15) is 10.2 Å². The predicted molar refractivity (Wildman–Crippen MR) is 72.9 cm³/mol. The molecule has 0 aliphatic heterocycles. The Labute approximate surface area is 111 Å². The number of carbonyl (C=O) groups excluding carboxylic acids is 1. The van der Waals surface area contributed by atoms with Gasteiger partial charge in [-0.15, -0.1) is 0 Å². The van der Waals surface area contributed by atoms with E-state index in [1.54, 1.807) is 29.5 Å². The van der Waals surface area contributed by atoms with E-state index in [0.29, 0.717) is 29.3 Å². The third kappa shape index (κ3) is 2.31. The number of nitrogens with zero attached hydrogens (tertiary/aromatic N) is 4. The van der Waals surface area contributed by atoms with E-state index in [1.807, 2.05) is 13.8 Å². The number of hydrogen-bond donors (Lipinski definition) is 2. The van der Waals surface area contributed by atoms with Gasteiger partial charge in [0.25, 0.3) is 5.91 Å². The molecule has 2 heterocycles. The Morgan fingerprint density at radius 1 is 1.37 bits per heavy atom. The molecule has 0 atom stereocenters. The summed E-state index contributed by atoms with van der Waals surface area (Å²) in [5, 5.41) is 11.2. The quantitative estimate of drug-likeness (QED) is 0.866. The maximum absolute atomic E-state index is 12.3. The van der Waals surface area contributed by atoms with Gasteiger partial charge < -0.3 is 11.1 Å². The SMILES string of the molecule is CCn1nc(C)c(N)c1C(=O)Nc1cn(C)nc1C. The molecule has 1 amide bonds.